The largest absolute Gasteiger partial charge is 0.454 e. The minimum atomic E-state index is -0.143. The van der Waals surface area contributed by atoms with Gasteiger partial charge in [-0.15, -0.1) is 0 Å². The van der Waals surface area contributed by atoms with Crippen molar-refractivity contribution in [1.29, 1.82) is 0 Å². The van der Waals surface area contributed by atoms with E-state index in [2.05, 4.69) is 33.3 Å². The van der Waals surface area contributed by atoms with Crippen LogP contribution in [0.5, 0.6) is 0 Å². The van der Waals surface area contributed by atoms with E-state index in [0.29, 0.717) is 18.3 Å². The zero-order valence-electron chi connectivity index (χ0n) is 14.8. The number of nitrogens with zero attached hydrogens (tertiary/aromatic N) is 4. The van der Waals surface area contributed by atoms with Crippen molar-refractivity contribution in [3.05, 3.63) is 60.1 Å². The second-order valence-corrected chi connectivity index (χ2v) is 6.95. The molecule has 0 radical (unpaired) electrons. The molecule has 0 aliphatic heterocycles. The van der Waals surface area contributed by atoms with Crippen molar-refractivity contribution in [3.63, 3.8) is 0 Å². The fourth-order valence-electron chi connectivity index (χ4n) is 3.51. The molecule has 1 N–H and O–H groups in total. The molecule has 26 heavy (non-hydrogen) atoms. The monoisotopic (exact) mass is 353 g/mol. The Bertz CT molecular complexity index is 856. The second kappa shape index (κ2) is 7.19. The third-order valence-corrected chi connectivity index (χ3v) is 4.90. The normalized spacial score (nSPS) is 20.2. The van der Waals surface area contributed by atoms with Gasteiger partial charge in [0.1, 0.15) is 5.76 Å². The van der Waals surface area contributed by atoms with Gasteiger partial charge in [-0.05, 0) is 56.4 Å². The standard InChI is InChI=1S/C19H23N5O2/c1-14-11-21-24(12-14)16-5-3-15(4-6-16)22-19(25)18-8-7-17(26-18)13-23-10-2-9-20-23/h2,7-12,15-16H,3-6,13H2,1H3,(H,22,25). The third-order valence-electron chi connectivity index (χ3n) is 4.90. The van der Waals surface area contributed by atoms with Crippen LogP contribution in [-0.4, -0.2) is 31.5 Å². The van der Waals surface area contributed by atoms with Crippen molar-refractivity contribution in [3.8, 4) is 0 Å². The number of nitrogens with one attached hydrogen (secondary N) is 1. The Morgan fingerprint density at radius 3 is 2.81 bits per heavy atom. The van der Waals surface area contributed by atoms with Gasteiger partial charge in [-0.3, -0.25) is 14.2 Å². The van der Waals surface area contributed by atoms with Gasteiger partial charge < -0.3 is 9.73 Å². The second-order valence-electron chi connectivity index (χ2n) is 6.95. The maximum atomic E-state index is 12.4. The van der Waals surface area contributed by atoms with E-state index >= 15 is 0 Å². The first-order valence-corrected chi connectivity index (χ1v) is 9.05. The summed E-state index contributed by atoms with van der Waals surface area (Å²) >= 11 is 0. The molecule has 0 atom stereocenters. The molecule has 3 heterocycles. The summed E-state index contributed by atoms with van der Waals surface area (Å²) in [6.07, 6.45) is 11.5. The number of carbonyl (C=O) groups is 1. The van der Waals surface area contributed by atoms with E-state index < -0.39 is 0 Å². The van der Waals surface area contributed by atoms with E-state index in [1.807, 2.05) is 24.5 Å². The number of rotatable bonds is 5. The van der Waals surface area contributed by atoms with Crippen LogP contribution >= 0.6 is 0 Å². The maximum absolute atomic E-state index is 12.4. The molecule has 1 amide bonds. The molecular formula is C19H23N5O2. The van der Waals surface area contributed by atoms with E-state index in [1.165, 1.54) is 5.56 Å². The number of hydrogen-bond acceptors (Lipinski definition) is 4. The highest BCUT2D eigenvalue weighted by atomic mass is 16.4. The quantitative estimate of drug-likeness (QED) is 0.765. The molecule has 1 aliphatic rings. The number of carbonyl (C=O) groups excluding carboxylic acids is 1. The molecule has 0 spiro atoms. The summed E-state index contributed by atoms with van der Waals surface area (Å²) in [5, 5.41) is 11.7. The highest BCUT2D eigenvalue weighted by molar-refractivity contribution is 5.91. The molecule has 0 bridgehead atoms. The van der Waals surface area contributed by atoms with Crippen LogP contribution in [0.1, 0.15) is 53.6 Å². The van der Waals surface area contributed by atoms with Crippen LogP contribution in [0.15, 0.2) is 47.4 Å². The van der Waals surface area contributed by atoms with E-state index in [1.54, 1.807) is 16.9 Å². The van der Waals surface area contributed by atoms with Crippen molar-refractivity contribution in [2.45, 2.75) is 51.2 Å². The molecule has 4 rings (SSSR count). The zero-order chi connectivity index (χ0) is 17.9. The van der Waals surface area contributed by atoms with Gasteiger partial charge in [0.25, 0.3) is 5.91 Å². The molecule has 7 nitrogen and oxygen atoms in total. The zero-order valence-corrected chi connectivity index (χ0v) is 14.8. The van der Waals surface area contributed by atoms with E-state index in [-0.39, 0.29) is 11.9 Å². The number of amides is 1. The SMILES string of the molecule is Cc1cnn(C2CCC(NC(=O)c3ccc(Cn4cccn4)o3)CC2)c1. The molecular weight excluding hydrogens is 330 g/mol. The molecule has 0 unspecified atom stereocenters. The van der Waals surface area contributed by atoms with E-state index in [9.17, 15) is 4.79 Å². The smallest absolute Gasteiger partial charge is 0.287 e. The first-order valence-electron chi connectivity index (χ1n) is 9.05. The van der Waals surface area contributed by atoms with Crippen molar-refractivity contribution in [2.75, 3.05) is 0 Å². The van der Waals surface area contributed by atoms with Crippen LogP contribution in [0.3, 0.4) is 0 Å². The summed E-state index contributed by atoms with van der Waals surface area (Å²) in [4.78, 5) is 12.4. The van der Waals surface area contributed by atoms with Crippen LogP contribution in [0.4, 0.5) is 0 Å². The lowest BCUT2D eigenvalue weighted by atomic mass is 9.91. The molecule has 0 saturated heterocycles. The molecule has 136 valence electrons. The first kappa shape index (κ1) is 16.6. The fourth-order valence-corrected chi connectivity index (χ4v) is 3.51. The summed E-state index contributed by atoms with van der Waals surface area (Å²) in [5.74, 6) is 0.934. The van der Waals surface area contributed by atoms with Gasteiger partial charge in [0.15, 0.2) is 5.76 Å². The lowest BCUT2D eigenvalue weighted by Crippen LogP contribution is -2.37. The van der Waals surface area contributed by atoms with Crippen LogP contribution in [0.2, 0.25) is 0 Å². The molecule has 1 fully saturated rings. The first-order chi connectivity index (χ1) is 12.7. The fraction of sp³-hybridized carbons (Fsp3) is 0.421. The molecule has 7 heteroatoms. The maximum Gasteiger partial charge on any atom is 0.287 e. The van der Waals surface area contributed by atoms with Crippen molar-refractivity contribution in [2.24, 2.45) is 0 Å². The number of hydrogen-bond donors (Lipinski definition) is 1. The van der Waals surface area contributed by atoms with Crippen molar-refractivity contribution >= 4 is 5.91 Å². The minimum Gasteiger partial charge on any atom is -0.454 e. The Morgan fingerprint density at radius 1 is 1.27 bits per heavy atom. The Labute approximate surface area is 152 Å². The Kier molecular flexibility index (Phi) is 4.60. The van der Waals surface area contributed by atoms with Crippen LogP contribution < -0.4 is 5.32 Å². The van der Waals surface area contributed by atoms with Crippen molar-refractivity contribution in [1.82, 2.24) is 24.9 Å². The minimum absolute atomic E-state index is 0.143. The van der Waals surface area contributed by atoms with Gasteiger partial charge in [-0.2, -0.15) is 10.2 Å². The summed E-state index contributed by atoms with van der Waals surface area (Å²) < 4.78 is 9.49. The van der Waals surface area contributed by atoms with Crippen molar-refractivity contribution < 1.29 is 9.21 Å². The lowest BCUT2D eigenvalue weighted by molar-refractivity contribution is 0.0891. The van der Waals surface area contributed by atoms with Gasteiger partial charge in [-0.1, -0.05) is 0 Å². The van der Waals surface area contributed by atoms with Gasteiger partial charge in [0.2, 0.25) is 0 Å². The summed E-state index contributed by atoms with van der Waals surface area (Å²) in [5.41, 5.74) is 1.18. The number of aryl methyl sites for hydroxylation is 1. The highest BCUT2D eigenvalue weighted by Gasteiger charge is 2.25. The molecule has 0 aromatic carbocycles. The summed E-state index contributed by atoms with van der Waals surface area (Å²) in [7, 11) is 0. The lowest BCUT2D eigenvalue weighted by Gasteiger charge is -2.29. The van der Waals surface area contributed by atoms with Crippen LogP contribution in [0, 0.1) is 6.92 Å². The highest BCUT2D eigenvalue weighted by Crippen LogP contribution is 2.28. The molecule has 1 saturated carbocycles. The van der Waals surface area contributed by atoms with E-state index in [0.717, 1.165) is 31.4 Å². The van der Waals surface area contributed by atoms with Crippen LogP contribution in [-0.2, 0) is 6.54 Å². The Balaban J connectivity index is 1.29. The topological polar surface area (TPSA) is 77.9 Å². The number of aromatic nitrogens is 4. The summed E-state index contributed by atoms with van der Waals surface area (Å²) in [6.45, 7) is 2.58. The van der Waals surface area contributed by atoms with Crippen LogP contribution in [0.25, 0.3) is 0 Å². The predicted octanol–water partition coefficient (Wildman–Crippen LogP) is 2.94. The Morgan fingerprint density at radius 2 is 2.12 bits per heavy atom. The van der Waals surface area contributed by atoms with Gasteiger partial charge in [0, 0.05) is 24.6 Å². The third kappa shape index (κ3) is 3.71. The molecule has 3 aromatic heterocycles. The van der Waals surface area contributed by atoms with Gasteiger partial charge in [-0.25, -0.2) is 0 Å². The van der Waals surface area contributed by atoms with Gasteiger partial charge in [0.05, 0.1) is 18.8 Å². The van der Waals surface area contributed by atoms with Gasteiger partial charge >= 0.3 is 0 Å². The predicted molar refractivity (Wildman–Crippen MR) is 95.8 cm³/mol. The van der Waals surface area contributed by atoms with E-state index in [4.69, 9.17) is 4.42 Å². The molecule has 1 aliphatic carbocycles. The average Bonchev–Trinajstić information content (AvgIpc) is 3.38. The Hall–Kier alpha value is -2.83. The molecule has 3 aromatic rings. The number of furan rings is 1. The average molecular weight is 353 g/mol. The summed E-state index contributed by atoms with van der Waals surface area (Å²) in [6, 6.07) is 6.04.